The van der Waals surface area contributed by atoms with Crippen molar-refractivity contribution < 1.29 is 0 Å². The van der Waals surface area contributed by atoms with Crippen molar-refractivity contribution in [1.82, 2.24) is 0 Å². The molecule has 11 aromatic rings. The molecular weight excluding hydrogens is 769 g/mol. The largest absolute Gasteiger partial charge is 0.0725 e. The van der Waals surface area contributed by atoms with E-state index in [9.17, 15) is 0 Å². The maximum Gasteiger partial charge on any atom is 0.0725 e. The first-order valence-corrected chi connectivity index (χ1v) is 22.7. The maximum absolute atomic E-state index is 2.56. The van der Waals surface area contributed by atoms with E-state index in [0.717, 1.165) is 0 Å². The van der Waals surface area contributed by atoms with Crippen LogP contribution in [0.1, 0.15) is 47.2 Å². The summed E-state index contributed by atoms with van der Waals surface area (Å²) in [5.41, 5.74) is 23.2. The molecule has 0 aromatic heterocycles. The summed E-state index contributed by atoms with van der Waals surface area (Å²) in [5, 5.41) is 7.57. The Morgan fingerprint density at radius 3 is 1.28 bits per heavy atom. The summed E-state index contributed by atoms with van der Waals surface area (Å²) >= 11 is 0. The molecule has 0 fully saturated rings. The molecule has 298 valence electrons. The number of hydrogen-bond acceptors (Lipinski definition) is 0. The Morgan fingerprint density at radius 2 is 0.656 bits per heavy atom. The van der Waals surface area contributed by atoms with Crippen molar-refractivity contribution in [3.8, 4) is 66.8 Å². The van der Waals surface area contributed by atoms with Gasteiger partial charge in [-0.05, 0) is 157 Å². The second-order valence-electron chi connectivity index (χ2n) is 18.7. The van der Waals surface area contributed by atoms with Crippen molar-refractivity contribution in [2.45, 2.75) is 24.7 Å². The number of fused-ring (bicyclic) bond motifs is 16. The van der Waals surface area contributed by atoms with Crippen molar-refractivity contribution in [2.24, 2.45) is 0 Å². The Labute approximate surface area is 373 Å². The predicted octanol–water partition coefficient (Wildman–Crippen LogP) is 16.8. The molecule has 0 N–H and O–H groups in total. The minimum absolute atomic E-state index is 0.112. The quantitative estimate of drug-likeness (QED) is 0.156. The standard InChI is InChI=1S/C64H42/c1-63(2)55-23-11-7-17-45(55)49-32-30-43(37-59(49)63)62-52-22-6-5-21-51(52)61(53-34-29-42(36-54(53)62)41-28-27-39-15-3-4-16-40(39)35-41)44-31-33-50-48-20-10-14-26-58(48)64(60(50)38-44)56-24-12-8-18-46(56)47-19-9-13-25-57(47)64/h3-38H,1-2H3. The SMILES string of the molecule is CC1(C)c2ccccc2-c2ccc(-c3c4ccccc4c(-c4ccc5c(c4)C4(c6ccccc6-c6ccccc64)c4ccccc4-5)c4ccc(-c5ccc6ccccc6c5)cc34)cc21. The molecule has 0 heterocycles. The third kappa shape index (κ3) is 4.62. The lowest BCUT2D eigenvalue weighted by Crippen LogP contribution is -2.25. The normalized spacial score (nSPS) is 14.3. The average molecular weight is 811 g/mol. The molecule has 14 rings (SSSR count). The molecule has 0 bridgehead atoms. The van der Waals surface area contributed by atoms with Crippen LogP contribution in [0.5, 0.6) is 0 Å². The van der Waals surface area contributed by atoms with Gasteiger partial charge in [0.15, 0.2) is 0 Å². The zero-order chi connectivity index (χ0) is 42.3. The van der Waals surface area contributed by atoms with Gasteiger partial charge in [-0.1, -0.05) is 208 Å². The summed E-state index contributed by atoms with van der Waals surface area (Å²) < 4.78 is 0. The number of rotatable bonds is 3. The minimum Gasteiger partial charge on any atom is -0.0619 e. The van der Waals surface area contributed by atoms with Crippen LogP contribution in [0.15, 0.2) is 218 Å². The molecule has 0 heteroatoms. The molecule has 1 spiro atoms. The molecule has 3 aliphatic carbocycles. The van der Waals surface area contributed by atoms with E-state index in [0.29, 0.717) is 0 Å². The van der Waals surface area contributed by atoms with E-state index in [1.807, 2.05) is 0 Å². The van der Waals surface area contributed by atoms with Gasteiger partial charge in [-0.25, -0.2) is 0 Å². The fourth-order valence-electron chi connectivity index (χ4n) is 12.5. The number of hydrogen-bond donors (Lipinski definition) is 0. The van der Waals surface area contributed by atoms with E-state index in [-0.39, 0.29) is 5.41 Å². The highest BCUT2D eigenvalue weighted by atomic mass is 14.5. The second-order valence-corrected chi connectivity index (χ2v) is 18.7. The van der Waals surface area contributed by atoms with Crippen LogP contribution in [0.3, 0.4) is 0 Å². The summed E-state index contributed by atoms with van der Waals surface area (Å²) in [4.78, 5) is 0. The van der Waals surface area contributed by atoms with Crippen molar-refractivity contribution in [3.63, 3.8) is 0 Å². The lowest BCUT2D eigenvalue weighted by Gasteiger charge is -2.31. The molecule has 0 unspecified atom stereocenters. The zero-order valence-corrected chi connectivity index (χ0v) is 35.8. The van der Waals surface area contributed by atoms with Crippen molar-refractivity contribution in [3.05, 3.63) is 252 Å². The van der Waals surface area contributed by atoms with Crippen LogP contribution >= 0.6 is 0 Å². The second kappa shape index (κ2) is 12.9. The van der Waals surface area contributed by atoms with Gasteiger partial charge >= 0.3 is 0 Å². The van der Waals surface area contributed by atoms with Crippen molar-refractivity contribution in [1.29, 1.82) is 0 Å². The lowest BCUT2D eigenvalue weighted by atomic mass is 9.70. The van der Waals surface area contributed by atoms with Crippen LogP contribution in [0.2, 0.25) is 0 Å². The molecule has 0 atom stereocenters. The van der Waals surface area contributed by atoms with Gasteiger partial charge in [-0.15, -0.1) is 0 Å². The molecular formula is C64H42. The topological polar surface area (TPSA) is 0 Å². The van der Waals surface area contributed by atoms with Crippen LogP contribution in [-0.2, 0) is 10.8 Å². The summed E-state index contributed by atoms with van der Waals surface area (Å²) in [7, 11) is 0. The molecule has 0 aliphatic heterocycles. The van der Waals surface area contributed by atoms with Crippen molar-refractivity contribution >= 4 is 32.3 Å². The van der Waals surface area contributed by atoms with E-state index >= 15 is 0 Å². The van der Waals surface area contributed by atoms with Crippen LogP contribution in [-0.4, -0.2) is 0 Å². The summed E-state index contributed by atoms with van der Waals surface area (Å²) in [6.45, 7) is 4.78. The van der Waals surface area contributed by atoms with Crippen LogP contribution < -0.4 is 0 Å². The average Bonchev–Trinajstić information content (AvgIpc) is 3.91. The Balaban J connectivity index is 1.07. The molecule has 64 heavy (non-hydrogen) atoms. The fraction of sp³-hybridized carbons (Fsp3) is 0.0625. The molecule has 0 saturated heterocycles. The lowest BCUT2D eigenvalue weighted by molar-refractivity contribution is 0.660. The molecule has 3 aliphatic rings. The predicted molar refractivity (Wildman–Crippen MR) is 269 cm³/mol. The summed E-state index contributed by atoms with van der Waals surface area (Å²) in [5.74, 6) is 0. The monoisotopic (exact) mass is 810 g/mol. The zero-order valence-electron chi connectivity index (χ0n) is 35.8. The molecule has 0 amide bonds. The number of benzene rings is 11. The van der Waals surface area contributed by atoms with Gasteiger partial charge in [0, 0.05) is 5.41 Å². The minimum atomic E-state index is -0.418. The third-order valence-electron chi connectivity index (χ3n) is 15.3. The van der Waals surface area contributed by atoms with Crippen molar-refractivity contribution in [2.75, 3.05) is 0 Å². The molecule has 0 radical (unpaired) electrons. The maximum atomic E-state index is 2.56. The third-order valence-corrected chi connectivity index (χ3v) is 15.3. The first-order chi connectivity index (χ1) is 31.5. The van der Waals surface area contributed by atoms with E-state index in [1.54, 1.807) is 0 Å². The highest BCUT2D eigenvalue weighted by molar-refractivity contribution is 6.22. The van der Waals surface area contributed by atoms with E-state index < -0.39 is 5.41 Å². The van der Waals surface area contributed by atoms with Gasteiger partial charge in [0.05, 0.1) is 5.41 Å². The highest BCUT2D eigenvalue weighted by Crippen LogP contribution is 2.63. The fourth-order valence-corrected chi connectivity index (χ4v) is 12.5. The summed E-state index contributed by atoms with van der Waals surface area (Å²) in [6.07, 6.45) is 0. The Bertz CT molecular complexity index is 3760. The van der Waals surface area contributed by atoms with E-state index in [1.165, 1.54) is 132 Å². The van der Waals surface area contributed by atoms with Gasteiger partial charge in [0.2, 0.25) is 0 Å². The van der Waals surface area contributed by atoms with E-state index in [2.05, 4.69) is 232 Å². The van der Waals surface area contributed by atoms with Crippen LogP contribution in [0, 0.1) is 0 Å². The summed E-state index contributed by atoms with van der Waals surface area (Å²) in [6, 6.07) is 82.9. The highest BCUT2D eigenvalue weighted by Gasteiger charge is 2.51. The van der Waals surface area contributed by atoms with Gasteiger partial charge < -0.3 is 0 Å². The Hall–Kier alpha value is -7.80. The van der Waals surface area contributed by atoms with Gasteiger partial charge in [-0.3, -0.25) is 0 Å². The van der Waals surface area contributed by atoms with E-state index in [4.69, 9.17) is 0 Å². The van der Waals surface area contributed by atoms with Crippen LogP contribution in [0.4, 0.5) is 0 Å². The molecule has 11 aromatic carbocycles. The molecule has 0 saturated carbocycles. The smallest absolute Gasteiger partial charge is 0.0619 e. The first-order valence-electron chi connectivity index (χ1n) is 22.7. The van der Waals surface area contributed by atoms with Gasteiger partial charge in [-0.2, -0.15) is 0 Å². The Morgan fingerprint density at radius 1 is 0.250 bits per heavy atom. The van der Waals surface area contributed by atoms with Crippen LogP contribution in [0.25, 0.3) is 99.1 Å². The Kier molecular flexibility index (Phi) is 7.20. The molecule has 0 nitrogen and oxygen atoms in total. The van der Waals surface area contributed by atoms with Gasteiger partial charge in [0.1, 0.15) is 0 Å². The van der Waals surface area contributed by atoms with Gasteiger partial charge in [0.25, 0.3) is 0 Å². The first kappa shape index (κ1) is 35.8.